The number of hydrogen-bond donors (Lipinski definition) is 2. The lowest BCUT2D eigenvalue weighted by molar-refractivity contribution is -0.140. The van der Waals surface area contributed by atoms with Gasteiger partial charge in [-0.1, -0.05) is 20.3 Å². The normalized spacial score (nSPS) is 14.5. The van der Waals surface area contributed by atoms with E-state index in [0.29, 0.717) is 17.7 Å². The van der Waals surface area contributed by atoms with E-state index in [1.54, 1.807) is 19.9 Å². The summed E-state index contributed by atoms with van der Waals surface area (Å²) in [5, 5.41) is 9.19. The lowest BCUT2D eigenvalue weighted by Crippen LogP contribution is -2.45. The number of aryl methyl sites for hydroxylation is 1. The van der Waals surface area contributed by atoms with Gasteiger partial charge < -0.3 is 9.84 Å². The Balaban J connectivity index is 3.13. The molecule has 0 aliphatic heterocycles. The Morgan fingerprint density at radius 3 is 2.48 bits per heavy atom. The van der Waals surface area contributed by atoms with E-state index in [1.165, 1.54) is 19.2 Å². The molecule has 118 valence electrons. The maximum Gasteiger partial charge on any atom is 0.322 e. The van der Waals surface area contributed by atoms with Crippen LogP contribution in [0.3, 0.4) is 0 Å². The number of hydrogen-bond acceptors (Lipinski definition) is 4. The number of ether oxygens (including phenoxy) is 1. The number of sulfonamides is 1. The summed E-state index contributed by atoms with van der Waals surface area (Å²) >= 11 is 0. The molecule has 1 rings (SSSR count). The largest absolute Gasteiger partial charge is 0.497 e. The zero-order valence-corrected chi connectivity index (χ0v) is 13.4. The van der Waals surface area contributed by atoms with Gasteiger partial charge in [-0.3, -0.25) is 4.79 Å². The van der Waals surface area contributed by atoms with Crippen molar-refractivity contribution in [2.45, 2.75) is 38.1 Å². The second kappa shape index (κ2) is 6.91. The average molecular weight is 315 g/mol. The van der Waals surface area contributed by atoms with E-state index in [0.717, 1.165) is 0 Å². The molecule has 0 amide bonds. The van der Waals surface area contributed by atoms with Crippen LogP contribution in [-0.2, 0) is 14.8 Å². The van der Waals surface area contributed by atoms with Crippen molar-refractivity contribution in [2.75, 3.05) is 7.11 Å². The van der Waals surface area contributed by atoms with Crippen LogP contribution in [0.25, 0.3) is 0 Å². The predicted molar refractivity (Wildman–Crippen MR) is 78.9 cm³/mol. The monoisotopic (exact) mass is 315 g/mol. The lowest BCUT2D eigenvalue weighted by atomic mass is 10.0. The van der Waals surface area contributed by atoms with Crippen molar-refractivity contribution in [2.24, 2.45) is 5.92 Å². The second-order valence-electron chi connectivity index (χ2n) is 4.95. The summed E-state index contributed by atoms with van der Waals surface area (Å²) in [6.07, 6.45) is 0.557. The molecule has 0 aromatic heterocycles. The highest BCUT2D eigenvalue weighted by molar-refractivity contribution is 7.89. The van der Waals surface area contributed by atoms with Gasteiger partial charge in [-0.15, -0.1) is 0 Å². The summed E-state index contributed by atoms with van der Waals surface area (Å²) in [6.45, 7) is 5.14. The van der Waals surface area contributed by atoms with Gasteiger partial charge in [0.25, 0.3) is 0 Å². The Morgan fingerprint density at radius 2 is 2.05 bits per heavy atom. The van der Waals surface area contributed by atoms with Gasteiger partial charge in [-0.05, 0) is 36.6 Å². The smallest absolute Gasteiger partial charge is 0.322 e. The maximum atomic E-state index is 12.4. The Labute approximate surface area is 125 Å². The zero-order valence-electron chi connectivity index (χ0n) is 12.6. The van der Waals surface area contributed by atoms with E-state index in [1.807, 2.05) is 6.92 Å². The van der Waals surface area contributed by atoms with Crippen LogP contribution in [0.5, 0.6) is 5.75 Å². The topological polar surface area (TPSA) is 92.7 Å². The van der Waals surface area contributed by atoms with Crippen LogP contribution >= 0.6 is 0 Å². The third-order valence-corrected chi connectivity index (χ3v) is 5.03. The molecule has 0 spiro atoms. The van der Waals surface area contributed by atoms with Crippen molar-refractivity contribution >= 4 is 16.0 Å². The Morgan fingerprint density at radius 1 is 1.43 bits per heavy atom. The number of carboxylic acids is 1. The molecule has 0 heterocycles. The molecule has 7 heteroatoms. The number of rotatable bonds is 7. The van der Waals surface area contributed by atoms with E-state index in [9.17, 15) is 18.3 Å². The first kappa shape index (κ1) is 17.5. The fourth-order valence-electron chi connectivity index (χ4n) is 1.93. The molecule has 0 aliphatic rings. The number of carbonyl (C=O) groups is 1. The number of aliphatic carboxylic acids is 1. The molecule has 2 atom stereocenters. The quantitative estimate of drug-likeness (QED) is 0.800. The van der Waals surface area contributed by atoms with Crippen molar-refractivity contribution in [1.82, 2.24) is 4.72 Å². The van der Waals surface area contributed by atoms with Gasteiger partial charge >= 0.3 is 5.97 Å². The second-order valence-corrected chi connectivity index (χ2v) is 6.64. The first-order valence-corrected chi connectivity index (χ1v) is 8.11. The van der Waals surface area contributed by atoms with Gasteiger partial charge in [-0.2, -0.15) is 4.72 Å². The molecule has 21 heavy (non-hydrogen) atoms. The van der Waals surface area contributed by atoms with E-state index in [2.05, 4.69) is 4.72 Å². The zero-order chi connectivity index (χ0) is 16.2. The fraction of sp³-hybridized carbons (Fsp3) is 0.500. The molecule has 0 saturated heterocycles. The highest BCUT2D eigenvalue weighted by Gasteiger charge is 2.30. The van der Waals surface area contributed by atoms with Gasteiger partial charge in [0.05, 0.1) is 12.0 Å². The fourth-order valence-corrected chi connectivity index (χ4v) is 3.45. The summed E-state index contributed by atoms with van der Waals surface area (Å²) in [5.74, 6) is -0.946. The number of methoxy groups -OCH3 is 1. The molecular weight excluding hydrogens is 294 g/mol. The minimum Gasteiger partial charge on any atom is -0.497 e. The van der Waals surface area contributed by atoms with Gasteiger partial charge in [0.2, 0.25) is 10.0 Å². The summed E-state index contributed by atoms with van der Waals surface area (Å²) in [4.78, 5) is 11.3. The number of benzene rings is 1. The Hall–Kier alpha value is -1.60. The molecule has 0 fully saturated rings. The molecule has 1 aromatic rings. The molecule has 0 bridgehead atoms. The summed E-state index contributed by atoms with van der Waals surface area (Å²) in [7, 11) is -2.41. The van der Waals surface area contributed by atoms with Crippen molar-refractivity contribution in [3.05, 3.63) is 23.8 Å². The number of nitrogens with one attached hydrogen (secondary N) is 1. The van der Waals surface area contributed by atoms with E-state index >= 15 is 0 Å². The molecule has 0 aliphatic carbocycles. The molecule has 1 aromatic carbocycles. The third-order valence-electron chi connectivity index (χ3n) is 3.43. The summed E-state index contributed by atoms with van der Waals surface area (Å²) in [6, 6.07) is 3.38. The van der Waals surface area contributed by atoms with Crippen LogP contribution in [0.4, 0.5) is 0 Å². The van der Waals surface area contributed by atoms with Crippen LogP contribution in [0, 0.1) is 12.8 Å². The van der Waals surface area contributed by atoms with Crippen molar-refractivity contribution in [3.63, 3.8) is 0 Å². The highest BCUT2D eigenvalue weighted by Crippen LogP contribution is 2.22. The van der Waals surface area contributed by atoms with Crippen molar-refractivity contribution in [3.8, 4) is 5.75 Å². The van der Waals surface area contributed by atoms with Crippen LogP contribution in [0.15, 0.2) is 23.1 Å². The van der Waals surface area contributed by atoms with Crippen LogP contribution in [0.1, 0.15) is 25.8 Å². The van der Waals surface area contributed by atoms with Gasteiger partial charge in [-0.25, -0.2) is 8.42 Å². The SMILES string of the molecule is CC[C@H](C)[C@H](NS(=O)(=O)c1ccc(OC)cc1C)C(=O)O. The van der Waals surface area contributed by atoms with E-state index < -0.39 is 22.0 Å². The van der Waals surface area contributed by atoms with E-state index in [-0.39, 0.29) is 10.8 Å². The summed E-state index contributed by atoms with van der Waals surface area (Å²) in [5.41, 5.74) is 0.496. The van der Waals surface area contributed by atoms with Crippen molar-refractivity contribution in [1.29, 1.82) is 0 Å². The number of carboxylic acid groups (broad SMARTS) is 1. The lowest BCUT2D eigenvalue weighted by Gasteiger charge is -2.20. The molecule has 0 unspecified atom stereocenters. The molecule has 0 radical (unpaired) electrons. The van der Waals surface area contributed by atoms with Gasteiger partial charge in [0, 0.05) is 0 Å². The Bertz CT molecular complexity index is 612. The molecular formula is C14H21NO5S. The van der Waals surface area contributed by atoms with Gasteiger partial charge in [0.15, 0.2) is 0 Å². The first-order chi connectivity index (χ1) is 9.72. The highest BCUT2D eigenvalue weighted by atomic mass is 32.2. The van der Waals surface area contributed by atoms with E-state index in [4.69, 9.17) is 4.74 Å². The van der Waals surface area contributed by atoms with Gasteiger partial charge in [0.1, 0.15) is 11.8 Å². The molecule has 2 N–H and O–H groups in total. The average Bonchev–Trinajstić information content (AvgIpc) is 2.43. The summed E-state index contributed by atoms with van der Waals surface area (Å²) < 4.78 is 32.0. The standard InChI is InChI=1S/C14H21NO5S/c1-5-9(2)13(14(16)17)15-21(18,19)12-7-6-11(20-4)8-10(12)3/h6-9,13,15H,5H2,1-4H3,(H,16,17)/t9-,13-/m0/s1. The van der Waals surface area contributed by atoms with Crippen LogP contribution in [0.2, 0.25) is 0 Å². The minimum atomic E-state index is -3.90. The van der Waals surface area contributed by atoms with Crippen molar-refractivity contribution < 1.29 is 23.1 Å². The van der Waals surface area contributed by atoms with Crippen LogP contribution < -0.4 is 9.46 Å². The Kier molecular flexibility index (Phi) is 5.74. The molecule has 6 nitrogen and oxygen atoms in total. The van der Waals surface area contributed by atoms with Crippen LogP contribution in [-0.4, -0.2) is 32.6 Å². The first-order valence-electron chi connectivity index (χ1n) is 6.62. The predicted octanol–water partition coefficient (Wildman–Crippen LogP) is 1.78. The molecule has 0 saturated carbocycles. The maximum absolute atomic E-state index is 12.4. The third kappa shape index (κ3) is 4.18. The minimum absolute atomic E-state index is 0.0536.